The molecular formula is C45H49F3N8O5. The number of aryl methyl sites for hydroxylation is 1. The number of nitrogens with one attached hydrogen (secondary N) is 2. The Kier molecular flexibility index (Phi) is 12.1. The van der Waals surface area contributed by atoms with E-state index in [9.17, 15) is 37.1 Å². The molecule has 3 aromatic rings. The minimum atomic E-state index is -4.61. The zero-order valence-electron chi connectivity index (χ0n) is 33.9. The maximum atomic E-state index is 13.5. The first-order valence-electron chi connectivity index (χ1n) is 21.3. The third-order valence-electron chi connectivity index (χ3n) is 13.2. The largest absolute Gasteiger partial charge is 0.407 e. The zero-order chi connectivity index (χ0) is 42.8. The summed E-state index contributed by atoms with van der Waals surface area (Å²) in [6.07, 6.45) is 4.76. The summed E-state index contributed by atoms with van der Waals surface area (Å²) >= 11 is 0. The number of halogens is 3. The summed E-state index contributed by atoms with van der Waals surface area (Å²) in [5.74, 6) is -0.713. The topological polar surface area (TPSA) is 140 Å². The van der Waals surface area contributed by atoms with Gasteiger partial charge in [-0.05, 0) is 125 Å². The van der Waals surface area contributed by atoms with Gasteiger partial charge < -0.3 is 20.0 Å². The van der Waals surface area contributed by atoms with Crippen molar-refractivity contribution in [1.29, 1.82) is 0 Å². The van der Waals surface area contributed by atoms with Crippen LogP contribution in [0.3, 0.4) is 0 Å². The van der Waals surface area contributed by atoms with E-state index in [2.05, 4.69) is 30.3 Å². The highest BCUT2D eigenvalue weighted by molar-refractivity contribution is 6.23. The van der Waals surface area contributed by atoms with Crippen molar-refractivity contribution in [3.05, 3.63) is 88.4 Å². The van der Waals surface area contributed by atoms with Gasteiger partial charge in [0.15, 0.2) is 5.69 Å². The van der Waals surface area contributed by atoms with Crippen molar-refractivity contribution >= 4 is 52.4 Å². The van der Waals surface area contributed by atoms with Crippen molar-refractivity contribution in [2.24, 2.45) is 17.8 Å². The second-order valence-corrected chi connectivity index (χ2v) is 17.0. The molecule has 6 heterocycles. The first-order valence-corrected chi connectivity index (χ1v) is 21.3. The number of alkyl halides is 3. The van der Waals surface area contributed by atoms with E-state index >= 15 is 0 Å². The maximum Gasteiger partial charge on any atom is 0.407 e. The Hall–Kier alpha value is -5.82. The van der Waals surface area contributed by atoms with E-state index in [1.54, 1.807) is 12.1 Å². The van der Waals surface area contributed by atoms with Crippen LogP contribution in [-0.4, -0.2) is 96.2 Å². The minimum Gasteiger partial charge on any atom is -0.372 e. The Labute approximate surface area is 352 Å². The number of fused-ring (bicyclic) bond motifs is 1. The number of amides is 5. The summed E-state index contributed by atoms with van der Waals surface area (Å²) < 4.78 is 40.4. The molecule has 4 fully saturated rings. The summed E-state index contributed by atoms with van der Waals surface area (Å²) in [5.41, 5.74) is 1.65. The second-order valence-electron chi connectivity index (χ2n) is 17.0. The number of piperidine rings is 4. The standard InChI is InChI=1S/C45H49F3N8O5/c1-49-37-8-6-33(25-36(37)45(46,47)48)55-22-16-31(17-23-55)41(58)51-39-10-4-29(26-50-39)3-2-28-12-18-53(19-13-28)27-30-14-20-54(21-15-30)32-5-7-34-35(24-32)44(61)56(43(34)60)38-9-11-40(57)52-42(38)59/h4-8,10,24-26,28,30-31,38H,2-3,9,11-23,27H2,(H,50,51,58)(H,52,57,59). The lowest BCUT2D eigenvalue weighted by molar-refractivity contribution is -0.137. The monoisotopic (exact) mass is 838 g/mol. The van der Waals surface area contributed by atoms with Crippen LogP contribution in [-0.2, 0) is 27.0 Å². The lowest BCUT2D eigenvalue weighted by Crippen LogP contribution is -2.54. The van der Waals surface area contributed by atoms with Gasteiger partial charge in [-0.25, -0.2) is 9.83 Å². The van der Waals surface area contributed by atoms with E-state index in [0.29, 0.717) is 60.4 Å². The molecule has 0 spiro atoms. The van der Waals surface area contributed by atoms with E-state index in [0.717, 1.165) is 93.5 Å². The number of hydrogen-bond donors (Lipinski definition) is 2. The molecule has 2 aromatic carbocycles. The molecule has 0 bridgehead atoms. The average molecular weight is 839 g/mol. The molecule has 8 rings (SSSR count). The summed E-state index contributed by atoms with van der Waals surface area (Å²) in [4.78, 5) is 78.7. The van der Waals surface area contributed by atoms with Crippen molar-refractivity contribution in [1.82, 2.24) is 20.1 Å². The molecule has 16 heteroatoms. The molecule has 1 aromatic heterocycles. The van der Waals surface area contributed by atoms with E-state index < -0.39 is 47.1 Å². The number of nitrogens with zero attached hydrogens (tertiary/aromatic N) is 6. The van der Waals surface area contributed by atoms with Gasteiger partial charge in [-0.1, -0.05) is 12.1 Å². The van der Waals surface area contributed by atoms with Crippen LogP contribution in [0.5, 0.6) is 0 Å². The molecule has 5 aliphatic rings. The molecule has 0 radical (unpaired) electrons. The molecular weight excluding hydrogens is 790 g/mol. The van der Waals surface area contributed by atoms with Gasteiger partial charge in [-0.15, -0.1) is 0 Å². The number of pyridine rings is 1. The maximum absolute atomic E-state index is 13.5. The number of anilines is 3. The van der Waals surface area contributed by atoms with E-state index in [-0.39, 0.29) is 24.7 Å². The number of aromatic nitrogens is 1. The van der Waals surface area contributed by atoms with Crippen molar-refractivity contribution in [3.8, 4) is 0 Å². The van der Waals surface area contributed by atoms with Gasteiger partial charge in [0.25, 0.3) is 11.8 Å². The van der Waals surface area contributed by atoms with Gasteiger partial charge in [-0.2, -0.15) is 13.2 Å². The first-order chi connectivity index (χ1) is 29.3. The molecule has 5 aliphatic heterocycles. The molecule has 4 saturated heterocycles. The second kappa shape index (κ2) is 17.6. The predicted octanol–water partition coefficient (Wildman–Crippen LogP) is 6.47. The lowest BCUT2D eigenvalue weighted by Gasteiger charge is -2.38. The summed E-state index contributed by atoms with van der Waals surface area (Å²) in [7, 11) is 0. The molecule has 0 saturated carbocycles. The fourth-order valence-electron chi connectivity index (χ4n) is 9.54. The van der Waals surface area contributed by atoms with Crippen LogP contribution in [0.25, 0.3) is 4.85 Å². The highest BCUT2D eigenvalue weighted by Gasteiger charge is 2.45. The van der Waals surface area contributed by atoms with Crippen LogP contribution < -0.4 is 20.4 Å². The smallest absolute Gasteiger partial charge is 0.372 e. The van der Waals surface area contributed by atoms with Crippen LogP contribution in [0.2, 0.25) is 0 Å². The number of likely N-dealkylation sites (tertiary alicyclic amines) is 1. The Morgan fingerprint density at radius 2 is 1.46 bits per heavy atom. The lowest BCUT2D eigenvalue weighted by atomic mass is 9.89. The Bertz CT molecular complexity index is 2220. The van der Waals surface area contributed by atoms with E-state index in [1.807, 2.05) is 29.3 Å². The van der Waals surface area contributed by atoms with Gasteiger partial charge in [0.1, 0.15) is 11.9 Å². The van der Waals surface area contributed by atoms with Crippen molar-refractivity contribution in [3.63, 3.8) is 0 Å². The van der Waals surface area contributed by atoms with Gasteiger partial charge in [0.2, 0.25) is 17.7 Å². The van der Waals surface area contributed by atoms with Crippen molar-refractivity contribution in [2.75, 3.05) is 60.9 Å². The van der Waals surface area contributed by atoms with Gasteiger partial charge in [-0.3, -0.25) is 34.2 Å². The molecule has 1 unspecified atom stereocenters. The quantitative estimate of drug-likeness (QED) is 0.174. The highest BCUT2D eigenvalue weighted by atomic mass is 19.4. The highest BCUT2D eigenvalue weighted by Crippen LogP contribution is 2.40. The first kappa shape index (κ1) is 41.9. The third kappa shape index (κ3) is 9.27. The van der Waals surface area contributed by atoms with Crippen LogP contribution in [0.1, 0.15) is 89.6 Å². The fraction of sp³-hybridized carbons (Fsp3) is 0.489. The van der Waals surface area contributed by atoms with Crippen LogP contribution >= 0.6 is 0 Å². The molecule has 320 valence electrons. The summed E-state index contributed by atoms with van der Waals surface area (Å²) in [6.45, 7) is 12.8. The van der Waals surface area contributed by atoms with Crippen LogP contribution in [0.4, 0.5) is 36.1 Å². The number of imide groups is 2. The van der Waals surface area contributed by atoms with E-state index in [1.165, 1.54) is 12.1 Å². The predicted molar refractivity (Wildman–Crippen MR) is 221 cm³/mol. The minimum absolute atomic E-state index is 0.0866. The van der Waals surface area contributed by atoms with Crippen molar-refractivity contribution < 1.29 is 37.1 Å². The van der Waals surface area contributed by atoms with Crippen molar-refractivity contribution in [2.45, 2.75) is 76.4 Å². The number of carbonyl (C=O) groups excluding carboxylic acids is 5. The van der Waals surface area contributed by atoms with Gasteiger partial charge >= 0.3 is 6.18 Å². The normalized spacial score (nSPS) is 21.1. The molecule has 2 N–H and O–H groups in total. The third-order valence-corrected chi connectivity index (χ3v) is 13.2. The number of benzene rings is 2. The zero-order valence-corrected chi connectivity index (χ0v) is 33.9. The van der Waals surface area contributed by atoms with Crippen LogP contribution in [0, 0.1) is 24.3 Å². The number of carbonyl (C=O) groups is 5. The summed E-state index contributed by atoms with van der Waals surface area (Å²) in [5, 5.41) is 5.15. The molecule has 1 atom stereocenters. The summed E-state index contributed by atoms with van der Waals surface area (Å²) in [6, 6.07) is 12.0. The molecule has 0 aliphatic carbocycles. The molecule has 5 amide bonds. The van der Waals surface area contributed by atoms with Crippen LogP contribution in [0.15, 0.2) is 54.7 Å². The molecule has 13 nitrogen and oxygen atoms in total. The Morgan fingerprint density at radius 1 is 0.803 bits per heavy atom. The Morgan fingerprint density at radius 3 is 2.11 bits per heavy atom. The fourth-order valence-corrected chi connectivity index (χ4v) is 9.54. The number of rotatable bonds is 10. The Balaban J connectivity index is 0.728. The van der Waals surface area contributed by atoms with Gasteiger partial charge in [0.05, 0.1) is 23.3 Å². The average Bonchev–Trinajstić information content (AvgIpc) is 3.51. The van der Waals surface area contributed by atoms with E-state index in [4.69, 9.17) is 6.57 Å². The number of hydrogen-bond acceptors (Lipinski definition) is 9. The molecule has 61 heavy (non-hydrogen) atoms. The van der Waals surface area contributed by atoms with Gasteiger partial charge in [0, 0.05) is 62.6 Å². The SMILES string of the molecule is [C-]#[N+]c1ccc(N2CCC(C(=O)Nc3ccc(CCC4CCN(CC5CCN(c6ccc7c(c6)C(=O)N(C6CCC(=O)NC6=O)C7=O)CC5)CC4)cn3)CC2)cc1C(F)(F)F.